The highest BCUT2D eigenvalue weighted by atomic mass is 19.2. The van der Waals surface area contributed by atoms with Crippen molar-refractivity contribution in [2.75, 3.05) is 13.6 Å². The molecule has 1 atom stereocenters. The van der Waals surface area contributed by atoms with Crippen LogP contribution in [0.2, 0.25) is 0 Å². The summed E-state index contributed by atoms with van der Waals surface area (Å²) < 4.78 is 26.6. The zero-order chi connectivity index (χ0) is 12.4. The molecule has 1 aliphatic carbocycles. The van der Waals surface area contributed by atoms with Gasteiger partial charge in [-0.3, -0.25) is 4.90 Å². The van der Waals surface area contributed by atoms with Gasteiger partial charge in [0.25, 0.3) is 0 Å². The van der Waals surface area contributed by atoms with E-state index in [1.165, 1.54) is 18.9 Å². The molecule has 1 aromatic carbocycles. The molecule has 4 heteroatoms. The van der Waals surface area contributed by atoms with E-state index in [0.29, 0.717) is 24.6 Å². The largest absolute Gasteiger partial charge is 0.329 e. The van der Waals surface area contributed by atoms with E-state index in [9.17, 15) is 8.78 Å². The van der Waals surface area contributed by atoms with Crippen molar-refractivity contribution in [1.82, 2.24) is 4.90 Å². The number of nitrogens with two attached hydrogens (primary N) is 1. The summed E-state index contributed by atoms with van der Waals surface area (Å²) in [6, 6.07) is 4.57. The molecule has 0 aromatic heterocycles. The van der Waals surface area contributed by atoms with Gasteiger partial charge in [0.2, 0.25) is 0 Å². The van der Waals surface area contributed by atoms with Crippen molar-refractivity contribution in [1.29, 1.82) is 0 Å². The van der Waals surface area contributed by atoms with Gasteiger partial charge in [-0.05, 0) is 31.9 Å². The summed E-state index contributed by atoms with van der Waals surface area (Å²) in [5.41, 5.74) is 6.12. The Morgan fingerprint density at radius 3 is 2.71 bits per heavy atom. The molecule has 0 radical (unpaired) electrons. The second-order valence-electron chi connectivity index (χ2n) is 4.77. The predicted molar refractivity (Wildman–Crippen MR) is 63.4 cm³/mol. The lowest BCUT2D eigenvalue weighted by Gasteiger charge is -2.27. The van der Waals surface area contributed by atoms with Crippen LogP contribution in [0.5, 0.6) is 0 Å². The van der Waals surface area contributed by atoms with Gasteiger partial charge in [0.15, 0.2) is 11.6 Å². The first-order valence-corrected chi connectivity index (χ1v) is 5.96. The highest BCUT2D eigenvalue weighted by molar-refractivity contribution is 5.19. The maximum absolute atomic E-state index is 13.5. The summed E-state index contributed by atoms with van der Waals surface area (Å²) in [6.07, 6.45) is 2.38. The average Bonchev–Trinajstić information content (AvgIpc) is 3.10. The molecule has 0 aliphatic heterocycles. The van der Waals surface area contributed by atoms with E-state index in [1.807, 2.05) is 11.9 Å². The molecule has 17 heavy (non-hydrogen) atoms. The molecule has 1 fully saturated rings. The number of rotatable bonds is 5. The first kappa shape index (κ1) is 12.5. The Kier molecular flexibility index (Phi) is 3.74. The fraction of sp³-hybridized carbons (Fsp3) is 0.538. The van der Waals surface area contributed by atoms with Crippen molar-refractivity contribution in [3.8, 4) is 0 Å². The molecule has 2 rings (SSSR count). The number of hydrogen-bond acceptors (Lipinski definition) is 2. The van der Waals surface area contributed by atoms with Crippen LogP contribution in [0.3, 0.4) is 0 Å². The molecule has 2 N–H and O–H groups in total. The molecule has 1 aliphatic rings. The standard InChI is InChI=1S/C13H18F2N2/c1-17(12(7-16)9-5-6-9)8-10-3-2-4-11(14)13(10)15/h2-4,9,12H,5-8,16H2,1H3. The lowest BCUT2D eigenvalue weighted by molar-refractivity contribution is 0.212. The van der Waals surface area contributed by atoms with Gasteiger partial charge in [0.05, 0.1) is 0 Å². The van der Waals surface area contributed by atoms with Crippen LogP contribution < -0.4 is 5.73 Å². The third-order valence-electron chi connectivity index (χ3n) is 3.43. The molecule has 1 aromatic rings. The molecule has 0 amide bonds. The van der Waals surface area contributed by atoms with Crippen LogP contribution in [-0.4, -0.2) is 24.5 Å². The first-order valence-electron chi connectivity index (χ1n) is 5.96. The Labute approximate surface area is 100 Å². The van der Waals surface area contributed by atoms with Crippen molar-refractivity contribution in [3.63, 3.8) is 0 Å². The maximum atomic E-state index is 13.5. The van der Waals surface area contributed by atoms with Crippen LogP contribution in [0.15, 0.2) is 18.2 Å². The van der Waals surface area contributed by atoms with Gasteiger partial charge in [-0.15, -0.1) is 0 Å². The first-order chi connectivity index (χ1) is 8.13. The quantitative estimate of drug-likeness (QED) is 0.854. The number of likely N-dealkylation sites (N-methyl/N-ethyl adjacent to an activating group) is 1. The maximum Gasteiger partial charge on any atom is 0.163 e. The summed E-state index contributed by atoms with van der Waals surface area (Å²) in [5, 5.41) is 0. The Morgan fingerprint density at radius 2 is 2.12 bits per heavy atom. The number of hydrogen-bond donors (Lipinski definition) is 1. The van der Waals surface area contributed by atoms with Crippen LogP contribution in [0, 0.1) is 17.6 Å². The van der Waals surface area contributed by atoms with Gasteiger partial charge in [-0.25, -0.2) is 8.78 Å². The minimum atomic E-state index is -0.786. The number of nitrogens with zero attached hydrogens (tertiary/aromatic N) is 1. The normalized spacial score (nSPS) is 17.5. The third kappa shape index (κ3) is 2.82. The minimum Gasteiger partial charge on any atom is -0.329 e. The lowest BCUT2D eigenvalue weighted by Crippen LogP contribution is -2.39. The highest BCUT2D eigenvalue weighted by Gasteiger charge is 2.32. The molecule has 1 saturated carbocycles. The van der Waals surface area contributed by atoms with Crippen LogP contribution in [0.25, 0.3) is 0 Å². The summed E-state index contributed by atoms with van der Waals surface area (Å²) in [4.78, 5) is 2.02. The fourth-order valence-electron chi connectivity index (χ4n) is 2.27. The Morgan fingerprint density at radius 1 is 1.41 bits per heavy atom. The Bertz CT molecular complexity index is 391. The molecule has 94 valence electrons. The van der Waals surface area contributed by atoms with Crippen LogP contribution in [0.1, 0.15) is 18.4 Å². The zero-order valence-electron chi connectivity index (χ0n) is 10.00. The molecule has 1 unspecified atom stereocenters. The van der Waals surface area contributed by atoms with E-state index < -0.39 is 11.6 Å². The summed E-state index contributed by atoms with van der Waals surface area (Å²) in [5.74, 6) is -0.904. The Balaban J connectivity index is 2.06. The van der Waals surface area contributed by atoms with E-state index in [-0.39, 0.29) is 6.04 Å². The van der Waals surface area contributed by atoms with Crippen LogP contribution >= 0.6 is 0 Å². The van der Waals surface area contributed by atoms with Crippen LogP contribution in [0.4, 0.5) is 8.78 Å². The van der Waals surface area contributed by atoms with Crippen molar-refractivity contribution in [2.45, 2.75) is 25.4 Å². The monoisotopic (exact) mass is 240 g/mol. The average molecular weight is 240 g/mol. The zero-order valence-corrected chi connectivity index (χ0v) is 10.00. The molecule has 0 bridgehead atoms. The van der Waals surface area contributed by atoms with Gasteiger partial charge >= 0.3 is 0 Å². The SMILES string of the molecule is CN(Cc1cccc(F)c1F)C(CN)C1CC1. The minimum absolute atomic E-state index is 0.276. The molecule has 0 heterocycles. The van der Waals surface area contributed by atoms with Crippen LogP contribution in [-0.2, 0) is 6.54 Å². The second kappa shape index (κ2) is 5.10. The van der Waals surface area contributed by atoms with Gasteiger partial charge < -0.3 is 5.73 Å². The summed E-state index contributed by atoms with van der Waals surface area (Å²) in [6.45, 7) is 0.972. The van der Waals surface area contributed by atoms with Crippen molar-refractivity contribution < 1.29 is 8.78 Å². The summed E-state index contributed by atoms with van der Waals surface area (Å²) >= 11 is 0. The van der Waals surface area contributed by atoms with Gasteiger partial charge in [-0.1, -0.05) is 12.1 Å². The van der Waals surface area contributed by atoms with Crippen molar-refractivity contribution in [2.24, 2.45) is 11.7 Å². The van der Waals surface area contributed by atoms with E-state index in [0.717, 1.165) is 6.07 Å². The summed E-state index contributed by atoms with van der Waals surface area (Å²) in [7, 11) is 1.92. The molecular formula is C13H18F2N2. The van der Waals surface area contributed by atoms with E-state index >= 15 is 0 Å². The molecule has 0 saturated heterocycles. The fourth-order valence-corrected chi connectivity index (χ4v) is 2.27. The third-order valence-corrected chi connectivity index (χ3v) is 3.43. The number of halogens is 2. The lowest BCUT2D eigenvalue weighted by atomic mass is 10.1. The highest BCUT2D eigenvalue weighted by Crippen LogP contribution is 2.35. The van der Waals surface area contributed by atoms with Gasteiger partial charge in [-0.2, -0.15) is 0 Å². The van der Waals surface area contributed by atoms with Gasteiger partial charge in [0, 0.05) is 24.7 Å². The van der Waals surface area contributed by atoms with Crippen molar-refractivity contribution >= 4 is 0 Å². The number of benzene rings is 1. The smallest absolute Gasteiger partial charge is 0.163 e. The van der Waals surface area contributed by atoms with E-state index in [2.05, 4.69) is 0 Å². The molecule has 2 nitrogen and oxygen atoms in total. The van der Waals surface area contributed by atoms with Gasteiger partial charge in [0.1, 0.15) is 0 Å². The molecular weight excluding hydrogens is 222 g/mol. The van der Waals surface area contributed by atoms with E-state index in [4.69, 9.17) is 5.73 Å². The molecule has 0 spiro atoms. The van der Waals surface area contributed by atoms with E-state index in [1.54, 1.807) is 6.07 Å². The second-order valence-corrected chi connectivity index (χ2v) is 4.77. The topological polar surface area (TPSA) is 29.3 Å². The van der Waals surface area contributed by atoms with Crippen molar-refractivity contribution in [3.05, 3.63) is 35.4 Å². The predicted octanol–water partition coefficient (Wildman–Crippen LogP) is 2.13. The Hall–Kier alpha value is -1.00.